The van der Waals surface area contributed by atoms with Crippen molar-refractivity contribution in [2.24, 2.45) is 0 Å². The summed E-state index contributed by atoms with van der Waals surface area (Å²) in [6.07, 6.45) is 0. The van der Waals surface area contributed by atoms with Gasteiger partial charge in [0.1, 0.15) is 12.4 Å². The molecule has 1 aliphatic heterocycles. The number of carbonyl (C=O) groups excluding carboxylic acids is 1. The summed E-state index contributed by atoms with van der Waals surface area (Å²) >= 11 is 0. The van der Waals surface area contributed by atoms with E-state index in [9.17, 15) is 4.79 Å². The lowest BCUT2D eigenvalue weighted by molar-refractivity contribution is -0.131. The monoisotopic (exact) mass is 313 g/mol. The molecule has 118 valence electrons. The third-order valence-corrected chi connectivity index (χ3v) is 3.47. The third kappa shape index (κ3) is 5.91. The van der Waals surface area contributed by atoms with Gasteiger partial charge in [0.05, 0.1) is 6.54 Å². The van der Waals surface area contributed by atoms with Crippen LogP contribution < -0.4 is 10.1 Å². The highest BCUT2D eigenvalue weighted by molar-refractivity contribution is 5.85. The molecule has 1 fully saturated rings. The summed E-state index contributed by atoms with van der Waals surface area (Å²) in [6, 6.07) is 9.86. The van der Waals surface area contributed by atoms with Crippen molar-refractivity contribution in [2.45, 2.75) is 0 Å². The number of carbonyl (C=O) groups is 1. The first-order valence-corrected chi connectivity index (χ1v) is 7.12. The van der Waals surface area contributed by atoms with Gasteiger partial charge in [-0.05, 0) is 19.2 Å². The van der Waals surface area contributed by atoms with E-state index in [0.717, 1.165) is 38.5 Å². The van der Waals surface area contributed by atoms with Crippen molar-refractivity contribution in [3.05, 3.63) is 30.3 Å². The summed E-state index contributed by atoms with van der Waals surface area (Å²) in [5, 5.41) is 2.90. The lowest BCUT2D eigenvalue weighted by atomic mass is 10.3. The van der Waals surface area contributed by atoms with Crippen LogP contribution in [0.1, 0.15) is 0 Å². The largest absolute Gasteiger partial charge is 0.492 e. The lowest BCUT2D eigenvalue weighted by Gasteiger charge is -2.34. The van der Waals surface area contributed by atoms with Gasteiger partial charge in [0.25, 0.3) is 0 Å². The number of likely N-dealkylation sites (N-methyl/N-ethyl adjacent to an activating group) is 1. The molecule has 0 bridgehead atoms. The zero-order valence-electron chi connectivity index (χ0n) is 12.5. The number of rotatable bonds is 6. The van der Waals surface area contributed by atoms with E-state index in [4.69, 9.17) is 4.74 Å². The fourth-order valence-corrected chi connectivity index (χ4v) is 2.29. The maximum absolute atomic E-state index is 11.7. The number of benzene rings is 1. The Morgan fingerprint density at radius 2 is 1.86 bits per heavy atom. The Morgan fingerprint density at radius 1 is 1.19 bits per heavy atom. The zero-order chi connectivity index (χ0) is 14.2. The Bertz CT molecular complexity index is 409. The van der Waals surface area contributed by atoms with Crippen LogP contribution in [0.3, 0.4) is 0 Å². The molecule has 0 atom stereocenters. The number of piperazine rings is 1. The van der Waals surface area contributed by atoms with Gasteiger partial charge in [-0.2, -0.15) is 0 Å². The first-order chi connectivity index (χ1) is 9.79. The summed E-state index contributed by atoms with van der Waals surface area (Å²) in [5.74, 6) is 1.10. The molecule has 1 saturated heterocycles. The third-order valence-electron chi connectivity index (χ3n) is 3.47. The number of halogens is 1. The smallest absolute Gasteiger partial charge is 0.236 e. The molecule has 0 spiro atoms. The minimum Gasteiger partial charge on any atom is -0.492 e. The van der Waals surface area contributed by atoms with Crippen LogP contribution in [0.4, 0.5) is 0 Å². The van der Waals surface area contributed by atoms with Crippen LogP contribution in [0.5, 0.6) is 5.75 Å². The molecule has 1 aromatic rings. The highest BCUT2D eigenvalue weighted by Crippen LogP contribution is 2.08. The van der Waals surface area contributed by atoms with Gasteiger partial charge in [0.15, 0.2) is 0 Å². The van der Waals surface area contributed by atoms with Crippen molar-refractivity contribution in [3.63, 3.8) is 0 Å². The van der Waals surface area contributed by atoms with E-state index in [1.165, 1.54) is 0 Å². The Hall–Kier alpha value is -1.30. The van der Waals surface area contributed by atoms with E-state index in [-0.39, 0.29) is 18.3 Å². The molecule has 1 amide bonds. The van der Waals surface area contributed by atoms with E-state index in [2.05, 4.69) is 10.2 Å². The SMILES string of the molecule is CNCC(=O)N1CCN(CCOc2ccccc2)CC1.Cl. The van der Waals surface area contributed by atoms with Crippen LogP contribution in [0, 0.1) is 0 Å². The van der Waals surface area contributed by atoms with Crippen molar-refractivity contribution >= 4 is 18.3 Å². The number of nitrogens with one attached hydrogen (secondary N) is 1. The average Bonchev–Trinajstić information content (AvgIpc) is 2.49. The Kier molecular flexibility index (Phi) is 8.12. The van der Waals surface area contributed by atoms with Crippen molar-refractivity contribution in [3.8, 4) is 5.75 Å². The van der Waals surface area contributed by atoms with Crippen molar-refractivity contribution in [2.75, 3.05) is 52.9 Å². The van der Waals surface area contributed by atoms with Crippen molar-refractivity contribution in [1.82, 2.24) is 15.1 Å². The molecule has 0 radical (unpaired) electrons. The minimum absolute atomic E-state index is 0. The Labute approximate surface area is 132 Å². The van der Waals surface area contributed by atoms with Gasteiger partial charge in [0, 0.05) is 32.7 Å². The molecule has 5 nitrogen and oxygen atoms in total. The summed E-state index contributed by atoms with van der Waals surface area (Å²) < 4.78 is 5.69. The van der Waals surface area contributed by atoms with Crippen molar-refractivity contribution < 1.29 is 9.53 Å². The summed E-state index contributed by atoms with van der Waals surface area (Å²) in [7, 11) is 1.80. The highest BCUT2D eigenvalue weighted by Gasteiger charge is 2.20. The van der Waals surface area contributed by atoms with Gasteiger partial charge in [-0.25, -0.2) is 0 Å². The van der Waals surface area contributed by atoms with Crippen molar-refractivity contribution in [1.29, 1.82) is 0 Å². The quantitative estimate of drug-likeness (QED) is 0.846. The number of hydrogen-bond donors (Lipinski definition) is 1. The predicted octanol–water partition coefficient (Wildman–Crippen LogP) is 0.851. The highest BCUT2D eigenvalue weighted by atomic mass is 35.5. The molecule has 1 heterocycles. The fourth-order valence-electron chi connectivity index (χ4n) is 2.29. The number of nitrogens with zero attached hydrogens (tertiary/aromatic N) is 2. The van der Waals surface area contributed by atoms with E-state index < -0.39 is 0 Å². The average molecular weight is 314 g/mol. The molecule has 21 heavy (non-hydrogen) atoms. The van der Waals surface area contributed by atoms with Gasteiger partial charge in [-0.1, -0.05) is 18.2 Å². The second-order valence-corrected chi connectivity index (χ2v) is 4.91. The summed E-state index contributed by atoms with van der Waals surface area (Å²) in [6.45, 7) is 5.49. The van der Waals surface area contributed by atoms with Crippen LogP contribution in [0.2, 0.25) is 0 Å². The molecule has 1 N–H and O–H groups in total. The van der Waals surface area contributed by atoms with E-state index in [1.54, 1.807) is 7.05 Å². The van der Waals surface area contributed by atoms with Crippen LogP contribution in [0.15, 0.2) is 30.3 Å². The molecule has 0 unspecified atom stereocenters. The number of ether oxygens (including phenoxy) is 1. The lowest BCUT2D eigenvalue weighted by Crippen LogP contribution is -2.51. The Balaban J connectivity index is 0.00000220. The molecule has 1 aromatic carbocycles. The predicted molar refractivity (Wildman–Crippen MR) is 86.1 cm³/mol. The molecule has 0 saturated carbocycles. The molecule has 1 aliphatic rings. The molecular formula is C15H24ClN3O2. The Morgan fingerprint density at radius 3 is 2.48 bits per heavy atom. The van der Waals surface area contributed by atoms with Crippen LogP contribution >= 0.6 is 12.4 Å². The van der Waals surface area contributed by atoms with E-state index in [0.29, 0.717) is 13.2 Å². The molecule has 2 rings (SSSR count). The normalized spacial score (nSPS) is 15.4. The molecule has 0 aromatic heterocycles. The molecule has 6 heteroatoms. The topological polar surface area (TPSA) is 44.8 Å². The molecule has 0 aliphatic carbocycles. The first-order valence-electron chi connectivity index (χ1n) is 7.12. The standard InChI is InChI=1S/C15H23N3O2.ClH/c1-16-13-15(19)18-9-7-17(8-10-18)11-12-20-14-5-3-2-4-6-14;/h2-6,16H,7-13H2,1H3;1H. The maximum atomic E-state index is 11.7. The van der Waals surface area contributed by atoms with Gasteiger partial charge >= 0.3 is 0 Å². The summed E-state index contributed by atoms with van der Waals surface area (Å²) in [5.41, 5.74) is 0. The van der Waals surface area contributed by atoms with E-state index >= 15 is 0 Å². The second kappa shape index (κ2) is 9.60. The first kappa shape index (κ1) is 17.8. The number of para-hydroxylation sites is 1. The number of amides is 1. The van der Waals surface area contributed by atoms with E-state index in [1.807, 2.05) is 35.2 Å². The van der Waals surface area contributed by atoms with Gasteiger partial charge in [-0.15, -0.1) is 12.4 Å². The summed E-state index contributed by atoms with van der Waals surface area (Å²) in [4.78, 5) is 16.0. The zero-order valence-corrected chi connectivity index (χ0v) is 13.3. The van der Waals surface area contributed by atoms with Crippen LogP contribution in [0.25, 0.3) is 0 Å². The van der Waals surface area contributed by atoms with Gasteiger partial charge in [0.2, 0.25) is 5.91 Å². The fraction of sp³-hybridized carbons (Fsp3) is 0.533. The van der Waals surface area contributed by atoms with Gasteiger partial charge in [-0.3, -0.25) is 9.69 Å². The van der Waals surface area contributed by atoms with Gasteiger partial charge < -0.3 is 15.0 Å². The van der Waals surface area contributed by atoms with Crippen LogP contribution in [-0.2, 0) is 4.79 Å². The number of hydrogen-bond acceptors (Lipinski definition) is 4. The molecular weight excluding hydrogens is 290 g/mol. The van der Waals surface area contributed by atoms with Crippen LogP contribution in [-0.4, -0.2) is 68.6 Å². The maximum Gasteiger partial charge on any atom is 0.236 e. The minimum atomic E-state index is 0. The second-order valence-electron chi connectivity index (χ2n) is 4.91.